The molecule has 1 aromatic rings. The normalized spacial score (nSPS) is 12.7. The Bertz CT molecular complexity index is 362. The van der Waals surface area contributed by atoms with Gasteiger partial charge in [-0.3, -0.25) is 4.79 Å². The number of H-pyrrole nitrogens is 1. The number of nitrogens with one attached hydrogen (secondary N) is 1. The summed E-state index contributed by atoms with van der Waals surface area (Å²) in [4.78, 5) is 18.1. The van der Waals surface area contributed by atoms with E-state index < -0.39 is 0 Å². The van der Waals surface area contributed by atoms with E-state index in [-0.39, 0.29) is 18.2 Å². The van der Waals surface area contributed by atoms with Gasteiger partial charge >= 0.3 is 0 Å². The van der Waals surface area contributed by atoms with Gasteiger partial charge in [-0.15, -0.1) is 0 Å². The second-order valence-electron chi connectivity index (χ2n) is 3.17. The van der Waals surface area contributed by atoms with E-state index in [1.165, 1.54) is 6.07 Å². The molecule has 1 heterocycles. The summed E-state index contributed by atoms with van der Waals surface area (Å²) in [5.41, 5.74) is 5.90. The average Bonchev–Trinajstić information content (AvgIpc) is 2.24. The van der Waals surface area contributed by atoms with Crippen molar-refractivity contribution in [3.8, 4) is 0 Å². The summed E-state index contributed by atoms with van der Waals surface area (Å²) in [5, 5.41) is 0. The predicted octanol–water partition coefficient (Wildman–Crippen LogP) is 0.716. The van der Waals surface area contributed by atoms with Crippen molar-refractivity contribution in [3.05, 3.63) is 27.9 Å². The number of hydrogen-bond donors (Lipinski definition) is 2. The van der Waals surface area contributed by atoms with Crippen LogP contribution in [0.5, 0.6) is 0 Å². The molecule has 0 fully saturated rings. The van der Waals surface area contributed by atoms with Gasteiger partial charge in [0.05, 0.1) is 18.3 Å². The zero-order valence-electron chi connectivity index (χ0n) is 9.12. The fraction of sp³-hybridized carbons (Fsp3) is 0.600. The molecule has 0 aliphatic rings. The topological polar surface area (TPSA) is 81.0 Å². The van der Waals surface area contributed by atoms with E-state index in [0.717, 1.165) is 6.42 Å². The summed E-state index contributed by atoms with van der Waals surface area (Å²) in [6, 6.07) is 1.46. The molecule has 1 rings (SSSR count). The van der Waals surface area contributed by atoms with Crippen LogP contribution in [-0.4, -0.2) is 16.6 Å². The number of aromatic amines is 1. The number of nitrogens with two attached hydrogens (primary N) is 1. The molecule has 0 bridgehead atoms. The van der Waals surface area contributed by atoms with Crippen LogP contribution in [-0.2, 0) is 11.3 Å². The molecule has 3 N–H and O–H groups in total. The SMILES string of the molecule is CCOC(CC)c1cc(=O)[nH]c(CN)n1. The molecule has 0 saturated heterocycles. The molecule has 0 radical (unpaired) electrons. The van der Waals surface area contributed by atoms with Crippen LogP contribution in [0.15, 0.2) is 10.9 Å². The maximum atomic E-state index is 11.3. The number of rotatable bonds is 5. The van der Waals surface area contributed by atoms with Gasteiger partial charge in [0.2, 0.25) is 0 Å². The summed E-state index contributed by atoms with van der Waals surface area (Å²) in [6.45, 7) is 4.74. The lowest BCUT2D eigenvalue weighted by molar-refractivity contribution is 0.0564. The molecular weight excluding hydrogens is 194 g/mol. The van der Waals surface area contributed by atoms with Gasteiger partial charge in [0.25, 0.3) is 5.56 Å². The average molecular weight is 211 g/mol. The highest BCUT2D eigenvalue weighted by atomic mass is 16.5. The quantitative estimate of drug-likeness (QED) is 0.751. The first kappa shape index (κ1) is 11.9. The smallest absolute Gasteiger partial charge is 0.251 e. The van der Waals surface area contributed by atoms with Crippen LogP contribution in [0.3, 0.4) is 0 Å². The van der Waals surface area contributed by atoms with E-state index >= 15 is 0 Å². The van der Waals surface area contributed by atoms with Crippen molar-refractivity contribution in [2.75, 3.05) is 6.61 Å². The maximum Gasteiger partial charge on any atom is 0.251 e. The largest absolute Gasteiger partial charge is 0.372 e. The van der Waals surface area contributed by atoms with Gasteiger partial charge in [-0.05, 0) is 13.3 Å². The van der Waals surface area contributed by atoms with Crippen LogP contribution in [0.1, 0.15) is 37.9 Å². The molecule has 1 aromatic heterocycles. The molecule has 0 saturated carbocycles. The third-order valence-corrected chi connectivity index (χ3v) is 2.07. The Kier molecular flexibility index (Phi) is 4.45. The zero-order chi connectivity index (χ0) is 11.3. The Morgan fingerprint density at radius 2 is 2.33 bits per heavy atom. The molecule has 1 unspecified atom stereocenters. The van der Waals surface area contributed by atoms with Gasteiger partial charge in [-0.1, -0.05) is 6.92 Å². The molecule has 5 heteroatoms. The molecular formula is C10H17N3O2. The molecule has 0 aliphatic carbocycles. The van der Waals surface area contributed by atoms with Crippen molar-refractivity contribution in [1.82, 2.24) is 9.97 Å². The monoisotopic (exact) mass is 211 g/mol. The first-order chi connectivity index (χ1) is 7.21. The van der Waals surface area contributed by atoms with E-state index in [2.05, 4.69) is 9.97 Å². The van der Waals surface area contributed by atoms with Crippen LogP contribution in [0.2, 0.25) is 0 Å². The Balaban J connectivity index is 3.00. The standard InChI is InChI=1S/C10H17N3O2/c1-3-8(15-4-2)7-5-10(14)13-9(6-11)12-7/h5,8H,3-4,6,11H2,1-2H3,(H,12,13,14). The predicted molar refractivity (Wildman–Crippen MR) is 57.4 cm³/mol. The Morgan fingerprint density at radius 3 is 2.87 bits per heavy atom. The minimum atomic E-state index is -0.182. The fourth-order valence-corrected chi connectivity index (χ4v) is 1.40. The molecule has 15 heavy (non-hydrogen) atoms. The van der Waals surface area contributed by atoms with Crippen molar-refractivity contribution in [3.63, 3.8) is 0 Å². The number of ether oxygens (including phenoxy) is 1. The van der Waals surface area contributed by atoms with Crippen molar-refractivity contribution in [1.29, 1.82) is 0 Å². The van der Waals surface area contributed by atoms with E-state index in [0.29, 0.717) is 18.1 Å². The molecule has 5 nitrogen and oxygen atoms in total. The molecule has 0 amide bonds. The van der Waals surface area contributed by atoms with E-state index in [1.807, 2.05) is 13.8 Å². The van der Waals surface area contributed by atoms with Gasteiger partial charge in [-0.2, -0.15) is 0 Å². The summed E-state index contributed by atoms with van der Waals surface area (Å²) in [6.07, 6.45) is 0.663. The van der Waals surface area contributed by atoms with E-state index in [1.54, 1.807) is 0 Å². The minimum absolute atomic E-state index is 0.123. The van der Waals surface area contributed by atoms with Gasteiger partial charge < -0.3 is 15.5 Å². The second-order valence-corrected chi connectivity index (χ2v) is 3.17. The van der Waals surface area contributed by atoms with Crippen molar-refractivity contribution in [2.45, 2.75) is 32.9 Å². The van der Waals surface area contributed by atoms with Gasteiger partial charge in [0, 0.05) is 12.7 Å². The first-order valence-electron chi connectivity index (χ1n) is 5.13. The lowest BCUT2D eigenvalue weighted by Gasteiger charge is -2.14. The number of nitrogens with zero attached hydrogens (tertiary/aromatic N) is 1. The van der Waals surface area contributed by atoms with Crippen molar-refractivity contribution < 1.29 is 4.74 Å². The highest BCUT2D eigenvalue weighted by Crippen LogP contribution is 2.17. The Morgan fingerprint density at radius 1 is 1.60 bits per heavy atom. The lowest BCUT2D eigenvalue weighted by atomic mass is 10.2. The highest BCUT2D eigenvalue weighted by Gasteiger charge is 2.12. The first-order valence-corrected chi connectivity index (χ1v) is 5.13. The summed E-state index contributed by atoms with van der Waals surface area (Å²) in [5.74, 6) is 0.496. The number of aromatic nitrogens is 2. The Labute approximate surface area is 88.7 Å². The van der Waals surface area contributed by atoms with Gasteiger partial charge in [0.1, 0.15) is 5.82 Å². The van der Waals surface area contributed by atoms with Crippen molar-refractivity contribution >= 4 is 0 Å². The summed E-state index contributed by atoms with van der Waals surface area (Å²) in [7, 11) is 0. The Hall–Kier alpha value is -1.20. The third-order valence-electron chi connectivity index (χ3n) is 2.07. The molecule has 1 atom stereocenters. The van der Waals surface area contributed by atoms with E-state index in [9.17, 15) is 4.79 Å². The van der Waals surface area contributed by atoms with E-state index in [4.69, 9.17) is 10.5 Å². The summed E-state index contributed by atoms with van der Waals surface area (Å²) < 4.78 is 5.48. The van der Waals surface area contributed by atoms with Crippen LogP contribution in [0, 0.1) is 0 Å². The lowest BCUT2D eigenvalue weighted by Crippen LogP contribution is -2.18. The highest BCUT2D eigenvalue weighted by molar-refractivity contribution is 5.06. The van der Waals surface area contributed by atoms with Gasteiger partial charge in [0.15, 0.2) is 0 Å². The molecule has 0 aliphatic heterocycles. The summed E-state index contributed by atoms with van der Waals surface area (Å²) >= 11 is 0. The minimum Gasteiger partial charge on any atom is -0.372 e. The van der Waals surface area contributed by atoms with Crippen LogP contribution in [0.4, 0.5) is 0 Å². The van der Waals surface area contributed by atoms with Gasteiger partial charge in [-0.25, -0.2) is 4.98 Å². The second kappa shape index (κ2) is 5.63. The maximum absolute atomic E-state index is 11.3. The van der Waals surface area contributed by atoms with Crippen LogP contribution >= 0.6 is 0 Å². The zero-order valence-corrected chi connectivity index (χ0v) is 9.12. The molecule has 0 aromatic carbocycles. The van der Waals surface area contributed by atoms with Crippen LogP contribution in [0.25, 0.3) is 0 Å². The number of hydrogen-bond acceptors (Lipinski definition) is 4. The molecule has 0 spiro atoms. The van der Waals surface area contributed by atoms with Crippen LogP contribution < -0.4 is 11.3 Å². The third kappa shape index (κ3) is 3.14. The fourth-order valence-electron chi connectivity index (χ4n) is 1.40. The van der Waals surface area contributed by atoms with Crippen molar-refractivity contribution in [2.24, 2.45) is 5.73 Å². The molecule has 84 valence electrons.